The predicted molar refractivity (Wildman–Crippen MR) is 167 cm³/mol. The van der Waals surface area contributed by atoms with Crippen molar-refractivity contribution in [1.29, 1.82) is 0 Å². The van der Waals surface area contributed by atoms with Gasteiger partial charge in [0.15, 0.2) is 0 Å². The average molecular weight is 615 g/mol. The molecule has 0 aliphatic carbocycles. The van der Waals surface area contributed by atoms with E-state index < -0.39 is 15.9 Å². The second-order valence-corrected chi connectivity index (χ2v) is 15.1. The molecule has 2 saturated heterocycles. The minimum Gasteiger partial charge on any atom is -0.353 e. The van der Waals surface area contributed by atoms with Gasteiger partial charge in [0, 0.05) is 51.2 Å². The Morgan fingerprint density at radius 3 is 2.51 bits per heavy atom. The zero-order valence-electron chi connectivity index (χ0n) is 26.2. The molecule has 4 rings (SSSR count). The normalized spacial score (nSPS) is 20.8. The van der Waals surface area contributed by atoms with Crippen LogP contribution in [0.2, 0.25) is 0 Å². The molecule has 2 fully saturated rings. The van der Waals surface area contributed by atoms with Crippen molar-refractivity contribution in [1.82, 2.24) is 19.8 Å². The molecule has 0 spiro atoms. The number of hydrogen-bond donors (Lipinski definition) is 2. The lowest BCUT2D eigenvalue weighted by Gasteiger charge is -2.35. The van der Waals surface area contributed by atoms with Gasteiger partial charge in [-0.25, -0.2) is 12.8 Å². The van der Waals surface area contributed by atoms with Gasteiger partial charge < -0.3 is 15.5 Å². The number of piperazine rings is 1. The van der Waals surface area contributed by atoms with Gasteiger partial charge in [0.2, 0.25) is 21.8 Å². The molecule has 0 aromatic heterocycles. The molecule has 2 aromatic carbocycles. The summed E-state index contributed by atoms with van der Waals surface area (Å²) in [5.74, 6) is -0.965. The highest BCUT2D eigenvalue weighted by molar-refractivity contribution is 7.89. The number of nitrogens with zero attached hydrogens (tertiary/aromatic N) is 2. The second kappa shape index (κ2) is 13.9. The number of unbranched alkanes of at least 4 members (excludes halogenated alkanes) is 1. The monoisotopic (exact) mass is 614 g/mol. The predicted octanol–water partition coefficient (Wildman–Crippen LogP) is 4.16. The molecule has 2 heterocycles. The van der Waals surface area contributed by atoms with E-state index >= 15 is 0 Å². The molecule has 2 aromatic rings. The number of amides is 2. The maximum Gasteiger partial charge on any atom is 0.243 e. The van der Waals surface area contributed by atoms with Crippen molar-refractivity contribution in [2.45, 2.75) is 89.1 Å². The molecule has 2 aliphatic heterocycles. The third-order valence-corrected chi connectivity index (χ3v) is 10.3. The summed E-state index contributed by atoms with van der Waals surface area (Å²) < 4.78 is 42.9. The number of nitrogens with one attached hydrogen (secondary N) is 2. The molecule has 2 unspecified atom stereocenters. The number of rotatable bonds is 11. The molecular formula is C33H47FN4O4S. The van der Waals surface area contributed by atoms with E-state index in [1.54, 1.807) is 17.0 Å². The Kier molecular flexibility index (Phi) is 10.7. The summed E-state index contributed by atoms with van der Waals surface area (Å²) >= 11 is 0. The minimum absolute atomic E-state index is 0.00349. The Balaban J connectivity index is 1.48. The molecular weight excluding hydrogens is 567 g/mol. The molecule has 0 radical (unpaired) electrons. The summed E-state index contributed by atoms with van der Waals surface area (Å²) in [6.07, 6.45) is 2.90. The smallest absolute Gasteiger partial charge is 0.243 e. The van der Waals surface area contributed by atoms with Gasteiger partial charge >= 0.3 is 0 Å². The molecule has 3 atom stereocenters. The van der Waals surface area contributed by atoms with Gasteiger partial charge in [-0.05, 0) is 72.6 Å². The van der Waals surface area contributed by atoms with Gasteiger partial charge in [-0.15, -0.1) is 0 Å². The SMILES string of the molecule is CCCCN1CC(C(=O)NC(Cc2cc(C)cc(F)c2)C[C@H]2CN(S(=O)(=O)c3ccc(C(C)(C)C)cc3)CCN2)CC1=O. The zero-order chi connectivity index (χ0) is 31.4. The molecule has 10 heteroatoms. The van der Waals surface area contributed by atoms with E-state index in [9.17, 15) is 22.4 Å². The quantitative estimate of drug-likeness (QED) is 0.396. The highest BCUT2D eigenvalue weighted by Crippen LogP contribution is 2.26. The van der Waals surface area contributed by atoms with Crippen molar-refractivity contribution in [3.05, 3.63) is 65.0 Å². The Labute approximate surface area is 256 Å². The minimum atomic E-state index is -3.71. The molecule has 43 heavy (non-hydrogen) atoms. The van der Waals surface area contributed by atoms with Gasteiger partial charge in [-0.2, -0.15) is 4.31 Å². The zero-order valence-corrected chi connectivity index (χ0v) is 27.0. The lowest BCUT2D eigenvalue weighted by Crippen LogP contribution is -2.55. The van der Waals surface area contributed by atoms with Crippen molar-refractivity contribution < 1.29 is 22.4 Å². The number of halogens is 1. The fraction of sp³-hybridized carbons (Fsp3) is 0.576. The standard InChI is InChI=1S/C33H47FN4O4S/c1-6-7-13-37-21-25(19-31(37)39)32(40)36-28(18-24-15-23(2)16-27(34)17-24)20-29-22-38(14-12-35-29)43(41,42)30-10-8-26(9-11-30)33(3,4)5/h8-11,15-17,25,28-29,35H,6-7,12-14,18-22H2,1-5H3,(H,36,40)/t25?,28?,29-/m0/s1. The summed E-state index contributed by atoms with van der Waals surface area (Å²) in [5, 5.41) is 6.58. The fourth-order valence-corrected chi connectivity index (χ4v) is 7.52. The molecule has 2 aliphatic rings. The number of carbonyl (C=O) groups is 2. The Morgan fingerprint density at radius 2 is 1.86 bits per heavy atom. The maximum absolute atomic E-state index is 14.3. The summed E-state index contributed by atoms with van der Waals surface area (Å²) in [6.45, 7) is 12.3. The first kappa shape index (κ1) is 33.1. The number of carbonyl (C=O) groups excluding carboxylic acids is 2. The lowest BCUT2D eigenvalue weighted by molar-refractivity contribution is -0.129. The average Bonchev–Trinajstić information content (AvgIpc) is 3.31. The van der Waals surface area contributed by atoms with Gasteiger partial charge in [-0.1, -0.05) is 52.3 Å². The lowest BCUT2D eigenvalue weighted by atomic mass is 9.87. The topological polar surface area (TPSA) is 98.8 Å². The van der Waals surface area contributed by atoms with E-state index in [1.807, 2.05) is 25.1 Å². The van der Waals surface area contributed by atoms with Crippen LogP contribution < -0.4 is 10.6 Å². The first-order valence-electron chi connectivity index (χ1n) is 15.4. The van der Waals surface area contributed by atoms with Crippen LogP contribution in [0.4, 0.5) is 4.39 Å². The molecule has 0 saturated carbocycles. The largest absolute Gasteiger partial charge is 0.353 e. The number of likely N-dealkylation sites (tertiary alicyclic amines) is 1. The summed E-state index contributed by atoms with van der Waals surface area (Å²) in [4.78, 5) is 27.9. The van der Waals surface area contributed by atoms with Gasteiger partial charge in [-0.3, -0.25) is 9.59 Å². The number of hydrogen-bond acceptors (Lipinski definition) is 5. The molecule has 8 nitrogen and oxygen atoms in total. The Bertz CT molecular complexity index is 1370. The van der Waals surface area contributed by atoms with Crippen LogP contribution in [-0.2, 0) is 31.4 Å². The van der Waals surface area contributed by atoms with Crippen LogP contribution in [-0.4, -0.2) is 74.2 Å². The third-order valence-electron chi connectivity index (χ3n) is 8.44. The van der Waals surface area contributed by atoms with Gasteiger partial charge in [0.1, 0.15) is 5.82 Å². The van der Waals surface area contributed by atoms with Gasteiger partial charge in [0.05, 0.1) is 10.8 Å². The first-order valence-corrected chi connectivity index (χ1v) is 16.9. The van der Waals surface area contributed by atoms with Crippen molar-refractivity contribution in [3.8, 4) is 0 Å². The van der Waals surface area contributed by atoms with Crippen LogP contribution in [0.15, 0.2) is 47.4 Å². The molecule has 2 amide bonds. The van der Waals surface area contributed by atoms with Crippen molar-refractivity contribution in [2.24, 2.45) is 5.92 Å². The highest BCUT2D eigenvalue weighted by Gasteiger charge is 2.36. The van der Waals surface area contributed by atoms with Crippen LogP contribution in [0, 0.1) is 18.7 Å². The van der Waals surface area contributed by atoms with Gasteiger partial charge in [0.25, 0.3) is 0 Å². The van der Waals surface area contributed by atoms with Crippen LogP contribution in [0.5, 0.6) is 0 Å². The molecule has 236 valence electrons. The van der Waals surface area contributed by atoms with E-state index in [-0.39, 0.29) is 53.0 Å². The number of benzene rings is 2. The third kappa shape index (κ3) is 8.64. The number of aryl methyl sites for hydroxylation is 1. The van der Waals surface area contributed by atoms with E-state index in [0.29, 0.717) is 39.0 Å². The van der Waals surface area contributed by atoms with Crippen LogP contribution >= 0.6 is 0 Å². The highest BCUT2D eigenvalue weighted by atomic mass is 32.2. The number of sulfonamides is 1. The van der Waals surface area contributed by atoms with Crippen molar-refractivity contribution in [3.63, 3.8) is 0 Å². The van der Waals surface area contributed by atoms with E-state index in [0.717, 1.165) is 29.5 Å². The maximum atomic E-state index is 14.3. The fourth-order valence-electron chi connectivity index (χ4n) is 6.03. The van der Waals surface area contributed by atoms with Crippen molar-refractivity contribution >= 4 is 21.8 Å². The van der Waals surface area contributed by atoms with E-state index in [1.165, 1.54) is 16.4 Å². The molecule has 2 N–H and O–H groups in total. The Morgan fingerprint density at radius 1 is 1.14 bits per heavy atom. The van der Waals surface area contributed by atoms with E-state index in [4.69, 9.17) is 0 Å². The van der Waals surface area contributed by atoms with Crippen LogP contribution in [0.3, 0.4) is 0 Å². The van der Waals surface area contributed by atoms with E-state index in [2.05, 4.69) is 38.3 Å². The van der Waals surface area contributed by atoms with Crippen LogP contribution in [0.25, 0.3) is 0 Å². The summed E-state index contributed by atoms with van der Waals surface area (Å²) in [7, 11) is -3.71. The summed E-state index contributed by atoms with van der Waals surface area (Å²) in [6, 6.07) is 11.3. The second-order valence-electron chi connectivity index (χ2n) is 13.2. The molecule has 0 bridgehead atoms. The van der Waals surface area contributed by atoms with Crippen molar-refractivity contribution in [2.75, 3.05) is 32.7 Å². The van der Waals surface area contributed by atoms with Crippen LogP contribution in [0.1, 0.15) is 70.1 Å². The summed E-state index contributed by atoms with van der Waals surface area (Å²) in [5.41, 5.74) is 2.53. The first-order chi connectivity index (χ1) is 20.3. The Hall–Kier alpha value is -2.82.